The second kappa shape index (κ2) is 14.7. The van der Waals surface area contributed by atoms with Crippen LogP contribution >= 0.6 is 24.0 Å². The van der Waals surface area contributed by atoms with Gasteiger partial charge in [0.1, 0.15) is 0 Å². The highest BCUT2D eigenvalue weighted by Gasteiger charge is 2.26. The maximum Gasteiger partial charge on any atom is 0.191 e. The Kier molecular flexibility index (Phi) is 13.2. The molecule has 176 valence electrons. The Hall–Kier alpha value is -1.29. The van der Waals surface area contributed by atoms with Gasteiger partial charge in [-0.3, -0.25) is 4.21 Å². The van der Waals surface area contributed by atoms with Gasteiger partial charge in [0.2, 0.25) is 0 Å². The van der Waals surface area contributed by atoms with Crippen LogP contribution in [0.1, 0.15) is 50.7 Å². The topological polar surface area (TPSA) is 72.0 Å². The highest BCUT2D eigenvalue weighted by molar-refractivity contribution is 14.0. The first kappa shape index (κ1) is 27.7. The van der Waals surface area contributed by atoms with E-state index in [0.717, 1.165) is 60.8 Å². The van der Waals surface area contributed by atoms with Gasteiger partial charge in [0, 0.05) is 40.0 Å². The van der Waals surface area contributed by atoms with Crippen LogP contribution in [0.5, 0.6) is 11.5 Å². The van der Waals surface area contributed by atoms with E-state index in [2.05, 4.69) is 30.2 Å². The van der Waals surface area contributed by atoms with Crippen molar-refractivity contribution in [1.82, 2.24) is 10.6 Å². The summed E-state index contributed by atoms with van der Waals surface area (Å²) in [7, 11) is 2.57. The zero-order valence-corrected chi connectivity index (χ0v) is 22.4. The van der Waals surface area contributed by atoms with Crippen molar-refractivity contribution in [2.75, 3.05) is 26.5 Å². The number of ether oxygens (including phenoxy) is 2. The number of allylic oxidation sites excluding steroid dienone is 1. The highest BCUT2D eigenvalue weighted by Crippen LogP contribution is 2.33. The zero-order chi connectivity index (χ0) is 21.9. The molecule has 2 rings (SSSR count). The Balaban J connectivity index is 0.00000480. The number of hydrogen-bond acceptors (Lipinski definition) is 4. The number of aliphatic imine (C=N–C) groups is 1. The third-order valence-electron chi connectivity index (χ3n) is 5.37. The van der Waals surface area contributed by atoms with E-state index < -0.39 is 10.8 Å². The van der Waals surface area contributed by atoms with Crippen LogP contribution in [-0.4, -0.2) is 48.0 Å². The van der Waals surface area contributed by atoms with Crippen molar-refractivity contribution in [3.05, 3.63) is 35.9 Å². The van der Waals surface area contributed by atoms with Crippen LogP contribution in [-0.2, 0) is 23.8 Å². The lowest BCUT2D eigenvalue weighted by Crippen LogP contribution is -2.46. The highest BCUT2D eigenvalue weighted by atomic mass is 127. The Labute approximate surface area is 207 Å². The number of hydrogen-bond donors (Lipinski definition) is 2. The van der Waals surface area contributed by atoms with Crippen LogP contribution in [0.15, 0.2) is 29.8 Å². The summed E-state index contributed by atoms with van der Waals surface area (Å²) >= 11 is 0. The number of nitrogens with one attached hydrogen (secondary N) is 2. The van der Waals surface area contributed by atoms with E-state index in [0.29, 0.717) is 24.8 Å². The second-order valence-corrected chi connectivity index (χ2v) is 9.48. The van der Waals surface area contributed by atoms with Gasteiger partial charge < -0.3 is 20.1 Å². The van der Waals surface area contributed by atoms with Crippen molar-refractivity contribution in [3.8, 4) is 11.5 Å². The maximum atomic E-state index is 12.2. The summed E-state index contributed by atoms with van der Waals surface area (Å²) in [5, 5.41) is 7.19. The fourth-order valence-corrected chi connectivity index (χ4v) is 5.29. The van der Waals surface area contributed by atoms with Gasteiger partial charge in [-0.2, -0.15) is 0 Å². The van der Waals surface area contributed by atoms with Gasteiger partial charge in [-0.1, -0.05) is 19.4 Å². The van der Waals surface area contributed by atoms with E-state index in [1.807, 2.05) is 19.1 Å². The average Bonchev–Trinajstić information content (AvgIpc) is 2.77. The fraction of sp³-hybridized carbons (Fsp3) is 0.609. The number of methoxy groups -OCH3 is 2. The molecule has 0 bridgehead atoms. The molecule has 1 fully saturated rings. The first-order chi connectivity index (χ1) is 14.6. The Morgan fingerprint density at radius 2 is 2.06 bits per heavy atom. The van der Waals surface area contributed by atoms with E-state index in [1.54, 1.807) is 14.2 Å². The minimum absolute atomic E-state index is 0. The number of benzene rings is 1. The molecule has 0 amide bonds. The maximum absolute atomic E-state index is 12.2. The van der Waals surface area contributed by atoms with Gasteiger partial charge >= 0.3 is 0 Å². The Bertz CT molecular complexity index is 758. The van der Waals surface area contributed by atoms with Crippen molar-refractivity contribution in [2.45, 2.75) is 63.8 Å². The molecular weight excluding hydrogens is 525 g/mol. The standard InChI is InChI=1S/C23H37N3O3S.HI/c1-6-10-18-13-17(14-21(28-4)22(18)29-5)16-25-23(24-7-2)26-19-11-9-12-20(15-19)30(27)8-3;/h6,13-14,19-20H,1,7-12,15-16H2,2-5H3,(H2,24,25,26);1H. The summed E-state index contributed by atoms with van der Waals surface area (Å²) in [6, 6.07) is 4.37. The molecule has 1 saturated carbocycles. The number of halogens is 1. The summed E-state index contributed by atoms with van der Waals surface area (Å²) in [4.78, 5) is 4.80. The Morgan fingerprint density at radius 1 is 1.29 bits per heavy atom. The van der Waals surface area contributed by atoms with E-state index >= 15 is 0 Å². The lowest BCUT2D eigenvalue weighted by Gasteiger charge is -2.30. The molecule has 3 unspecified atom stereocenters. The van der Waals surface area contributed by atoms with Crippen molar-refractivity contribution >= 4 is 40.7 Å². The van der Waals surface area contributed by atoms with Crippen molar-refractivity contribution in [1.29, 1.82) is 0 Å². The second-order valence-electron chi connectivity index (χ2n) is 7.48. The third-order valence-corrected chi connectivity index (χ3v) is 7.11. The van der Waals surface area contributed by atoms with E-state index in [4.69, 9.17) is 14.5 Å². The number of guanidine groups is 1. The summed E-state index contributed by atoms with van der Waals surface area (Å²) in [6.07, 6.45) is 6.74. The van der Waals surface area contributed by atoms with Crippen LogP contribution in [0.4, 0.5) is 0 Å². The van der Waals surface area contributed by atoms with E-state index in [-0.39, 0.29) is 29.2 Å². The lowest BCUT2D eigenvalue weighted by atomic mass is 9.95. The fourth-order valence-electron chi connectivity index (χ4n) is 3.94. The molecular formula is C23H38IN3O3S. The van der Waals surface area contributed by atoms with Crippen molar-refractivity contribution < 1.29 is 13.7 Å². The van der Waals surface area contributed by atoms with E-state index in [1.165, 1.54) is 0 Å². The quantitative estimate of drug-likeness (QED) is 0.194. The molecule has 1 aromatic carbocycles. The van der Waals surface area contributed by atoms with Gasteiger partial charge in [0.15, 0.2) is 17.5 Å². The normalized spacial score (nSPS) is 19.7. The molecule has 0 aliphatic heterocycles. The molecule has 1 aromatic rings. The van der Waals surface area contributed by atoms with Gasteiger partial charge in [-0.05, 0) is 50.3 Å². The first-order valence-electron chi connectivity index (χ1n) is 10.8. The van der Waals surface area contributed by atoms with Crippen LogP contribution in [0, 0.1) is 0 Å². The molecule has 0 saturated heterocycles. The molecule has 2 N–H and O–H groups in total. The summed E-state index contributed by atoms with van der Waals surface area (Å²) in [5.41, 5.74) is 2.09. The minimum Gasteiger partial charge on any atom is -0.493 e. The largest absolute Gasteiger partial charge is 0.493 e. The smallest absolute Gasteiger partial charge is 0.191 e. The van der Waals surface area contributed by atoms with Gasteiger partial charge in [0.05, 0.1) is 20.8 Å². The van der Waals surface area contributed by atoms with Crippen molar-refractivity contribution in [3.63, 3.8) is 0 Å². The van der Waals surface area contributed by atoms with Crippen LogP contribution in [0.2, 0.25) is 0 Å². The lowest BCUT2D eigenvalue weighted by molar-refractivity contribution is 0.352. The number of rotatable bonds is 10. The van der Waals surface area contributed by atoms with Crippen LogP contribution in [0.25, 0.3) is 0 Å². The third kappa shape index (κ3) is 8.29. The minimum atomic E-state index is -0.732. The first-order valence-corrected chi connectivity index (χ1v) is 12.2. The van der Waals surface area contributed by atoms with Crippen LogP contribution < -0.4 is 20.1 Å². The molecule has 31 heavy (non-hydrogen) atoms. The zero-order valence-electron chi connectivity index (χ0n) is 19.2. The molecule has 0 heterocycles. The van der Waals surface area contributed by atoms with Gasteiger partial charge in [-0.25, -0.2) is 4.99 Å². The van der Waals surface area contributed by atoms with Gasteiger partial charge in [0.25, 0.3) is 0 Å². The molecule has 0 spiro atoms. The van der Waals surface area contributed by atoms with E-state index in [9.17, 15) is 4.21 Å². The predicted molar refractivity (Wildman–Crippen MR) is 142 cm³/mol. The monoisotopic (exact) mass is 563 g/mol. The molecule has 6 nitrogen and oxygen atoms in total. The molecule has 0 radical (unpaired) electrons. The van der Waals surface area contributed by atoms with Crippen molar-refractivity contribution in [2.24, 2.45) is 4.99 Å². The SMILES string of the molecule is C=CCc1cc(CN=C(NCC)NC2CCCC(S(=O)CC)C2)cc(OC)c1OC.I. The summed E-state index contributed by atoms with van der Waals surface area (Å²) in [6.45, 7) is 9.22. The van der Waals surface area contributed by atoms with Crippen LogP contribution in [0.3, 0.4) is 0 Å². The molecule has 1 aliphatic carbocycles. The molecule has 1 aliphatic rings. The summed E-state index contributed by atoms with van der Waals surface area (Å²) < 4.78 is 23.3. The molecule has 8 heteroatoms. The summed E-state index contributed by atoms with van der Waals surface area (Å²) in [5.74, 6) is 2.98. The Morgan fingerprint density at radius 3 is 2.68 bits per heavy atom. The predicted octanol–water partition coefficient (Wildman–Crippen LogP) is 4.19. The molecule has 0 aromatic heterocycles. The van der Waals surface area contributed by atoms with Gasteiger partial charge in [-0.15, -0.1) is 30.6 Å². The molecule has 3 atom stereocenters. The number of nitrogens with zero attached hydrogens (tertiary/aromatic N) is 1. The average molecular weight is 564 g/mol.